The number of carboxylic acid groups (broad SMARTS) is 1. The molecule has 0 spiro atoms. The molecule has 0 atom stereocenters. The van der Waals surface area contributed by atoms with E-state index in [0.29, 0.717) is 0 Å². The van der Waals surface area contributed by atoms with Crippen molar-refractivity contribution in [2.24, 2.45) is 0 Å². The molecular formula is C7H10N2O2S2. The van der Waals surface area contributed by atoms with Gasteiger partial charge in [-0.05, 0) is 6.42 Å². The van der Waals surface area contributed by atoms with Gasteiger partial charge in [0.05, 0.1) is 5.75 Å². The normalized spacial score (nSPS) is 10.2. The number of thioether (sulfide) groups is 1. The lowest BCUT2D eigenvalue weighted by molar-refractivity contribution is -0.133. The van der Waals surface area contributed by atoms with Gasteiger partial charge in [0.2, 0.25) is 0 Å². The van der Waals surface area contributed by atoms with E-state index in [-0.39, 0.29) is 5.75 Å². The molecule has 0 amide bonds. The lowest BCUT2D eigenvalue weighted by atomic mass is 10.4. The molecule has 72 valence electrons. The minimum absolute atomic E-state index is 0.0563. The number of nitrogens with zero attached hydrogens (tertiary/aromatic N) is 2. The quantitative estimate of drug-likeness (QED) is 0.762. The molecule has 1 aromatic heterocycles. The van der Waals surface area contributed by atoms with Crippen LogP contribution in [0.2, 0.25) is 0 Å². The molecule has 0 saturated heterocycles. The number of aliphatic carboxylic acids is 1. The third-order valence-corrected chi connectivity index (χ3v) is 3.33. The first-order chi connectivity index (χ1) is 6.22. The van der Waals surface area contributed by atoms with E-state index in [0.717, 1.165) is 22.2 Å². The molecule has 6 heteroatoms. The van der Waals surface area contributed by atoms with Crippen molar-refractivity contribution < 1.29 is 9.90 Å². The third kappa shape index (κ3) is 3.73. The maximum Gasteiger partial charge on any atom is 0.313 e. The summed E-state index contributed by atoms with van der Waals surface area (Å²) in [6.45, 7) is 2.07. The Bertz CT molecular complexity index is 288. The van der Waals surface area contributed by atoms with Gasteiger partial charge >= 0.3 is 5.97 Å². The van der Waals surface area contributed by atoms with E-state index in [2.05, 4.69) is 17.1 Å². The van der Waals surface area contributed by atoms with E-state index in [4.69, 9.17) is 5.11 Å². The van der Waals surface area contributed by atoms with E-state index in [1.807, 2.05) is 0 Å². The van der Waals surface area contributed by atoms with Crippen LogP contribution in [0.1, 0.15) is 18.4 Å². The summed E-state index contributed by atoms with van der Waals surface area (Å²) in [6, 6.07) is 0. The average molecular weight is 218 g/mol. The molecular weight excluding hydrogens is 208 g/mol. The minimum atomic E-state index is -0.822. The zero-order valence-electron chi connectivity index (χ0n) is 7.19. The van der Waals surface area contributed by atoms with Crippen molar-refractivity contribution in [2.45, 2.75) is 24.1 Å². The summed E-state index contributed by atoms with van der Waals surface area (Å²) in [5, 5.41) is 17.2. The molecule has 1 heterocycles. The van der Waals surface area contributed by atoms with Crippen LogP contribution < -0.4 is 0 Å². The predicted molar refractivity (Wildman–Crippen MR) is 52.3 cm³/mol. The maximum absolute atomic E-state index is 10.2. The Balaban J connectivity index is 2.44. The molecule has 0 radical (unpaired) electrons. The Kier molecular flexibility index (Phi) is 4.17. The Morgan fingerprint density at radius 3 is 3.00 bits per heavy atom. The summed E-state index contributed by atoms with van der Waals surface area (Å²) in [5.74, 6) is -0.766. The minimum Gasteiger partial charge on any atom is -0.481 e. The van der Waals surface area contributed by atoms with E-state index < -0.39 is 5.97 Å². The molecule has 0 unspecified atom stereocenters. The van der Waals surface area contributed by atoms with Crippen molar-refractivity contribution in [2.75, 3.05) is 5.75 Å². The van der Waals surface area contributed by atoms with Crippen LogP contribution in [0.15, 0.2) is 4.34 Å². The van der Waals surface area contributed by atoms with Crippen molar-refractivity contribution in [3.63, 3.8) is 0 Å². The van der Waals surface area contributed by atoms with Crippen molar-refractivity contribution in [1.82, 2.24) is 10.2 Å². The smallest absolute Gasteiger partial charge is 0.313 e. The second kappa shape index (κ2) is 5.18. The van der Waals surface area contributed by atoms with Crippen molar-refractivity contribution in [1.29, 1.82) is 0 Å². The van der Waals surface area contributed by atoms with Gasteiger partial charge in [-0.15, -0.1) is 10.2 Å². The van der Waals surface area contributed by atoms with Crippen LogP contribution in [0.25, 0.3) is 0 Å². The number of carboxylic acids is 1. The van der Waals surface area contributed by atoms with Gasteiger partial charge in [-0.1, -0.05) is 30.0 Å². The third-order valence-electron chi connectivity index (χ3n) is 1.23. The van der Waals surface area contributed by atoms with Crippen LogP contribution in [0.3, 0.4) is 0 Å². The lowest BCUT2D eigenvalue weighted by Gasteiger charge is -1.88. The van der Waals surface area contributed by atoms with Gasteiger partial charge < -0.3 is 5.11 Å². The summed E-state index contributed by atoms with van der Waals surface area (Å²) in [7, 11) is 0. The van der Waals surface area contributed by atoms with Crippen molar-refractivity contribution in [3.05, 3.63) is 5.01 Å². The summed E-state index contributed by atoms with van der Waals surface area (Å²) >= 11 is 2.70. The second-order valence-corrected chi connectivity index (χ2v) is 4.68. The molecule has 1 N–H and O–H groups in total. The summed E-state index contributed by atoms with van der Waals surface area (Å²) in [6.07, 6.45) is 1.96. The van der Waals surface area contributed by atoms with Crippen molar-refractivity contribution in [3.8, 4) is 0 Å². The molecule has 0 aliphatic rings. The monoisotopic (exact) mass is 218 g/mol. The van der Waals surface area contributed by atoms with Crippen LogP contribution in [-0.2, 0) is 11.2 Å². The fraction of sp³-hybridized carbons (Fsp3) is 0.571. The highest BCUT2D eigenvalue weighted by Crippen LogP contribution is 2.22. The molecule has 4 nitrogen and oxygen atoms in total. The van der Waals surface area contributed by atoms with Crippen molar-refractivity contribution >= 4 is 29.1 Å². The van der Waals surface area contributed by atoms with Gasteiger partial charge in [-0.3, -0.25) is 4.79 Å². The zero-order chi connectivity index (χ0) is 9.68. The van der Waals surface area contributed by atoms with Gasteiger partial charge in [0.15, 0.2) is 4.34 Å². The average Bonchev–Trinajstić information content (AvgIpc) is 2.50. The Labute approximate surface area is 84.4 Å². The number of aryl methyl sites for hydroxylation is 1. The summed E-state index contributed by atoms with van der Waals surface area (Å²) < 4.78 is 0.742. The van der Waals surface area contributed by atoms with Gasteiger partial charge in [0.25, 0.3) is 0 Å². The van der Waals surface area contributed by atoms with E-state index in [9.17, 15) is 4.79 Å². The molecule has 1 aromatic rings. The van der Waals surface area contributed by atoms with Gasteiger partial charge in [-0.2, -0.15) is 0 Å². The number of aromatic nitrogens is 2. The topological polar surface area (TPSA) is 63.1 Å². The van der Waals surface area contributed by atoms with Crippen LogP contribution in [0, 0.1) is 0 Å². The standard InChI is InChI=1S/C7H10N2O2S2/c1-2-3-5-8-9-7(13-5)12-4-6(10)11/h2-4H2,1H3,(H,10,11). The first kappa shape index (κ1) is 10.5. The first-order valence-corrected chi connectivity index (χ1v) is 5.69. The van der Waals surface area contributed by atoms with E-state index >= 15 is 0 Å². The largest absolute Gasteiger partial charge is 0.481 e. The highest BCUT2D eigenvalue weighted by atomic mass is 32.2. The number of carbonyl (C=O) groups is 1. The Hall–Kier alpha value is -0.620. The number of rotatable bonds is 5. The van der Waals surface area contributed by atoms with Crippen LogP contribution in [0.5, 0.6) is 0 Å². The molecule has 0 fully saturated rings. The summed E-state index contributed by atoms with van der Waals surface area (Å²) in [5.41, 5.74) is 0. The van der Waals surface area contributed by atoms with Gasteiger partial charge in [0.1, 0.15) is 5.01 Å². The molecule has 0 saturated carbocycles. The molecule has 1 rings (SSSR count). The molecule has 13 heavy (non-hydrogen) atoms. The first-order valence-electron chi connectivity index (χ1n) is 3.89. The second-order valence-electron chi connectivity index (χ2n) is 2.39. The van der Waals surface area contributed by atoms with Crippen LogP contribution in [0.4, 0.5) is 0 Å². The van der Waals surface area contributed by atoms with E-state index in [1.165, 1.54) is 23.1 Å². The molecule has 0 aromatic carbocycles. The predicted octanol–water partition coefficient (Wildman–Crippen LogP) is 1.67. The molecule has 0 aliphatic carbocycles. The fourth-order valence-corrected chi connectivity index (χ4v) is 2.45. The fourth-order valence-electron chi connectivity index (χ4n) is 0.735. The van der Waals surface area contributed by atoms with E-state index in [1.54, 1.807) is 0 Å². The zero-order valence-corrected chi connectivity index (χ0v) is 8.82. The van der Waals surface area contributed by atoms with Gasteiger partial charge in [0, 0.05) is 6.42 Å². The summed E-state index contributed by atoms with van der Waals surface area (Å²) in [4.78, 5) is 10.2. The molecule has 0 bridgehead atoms. The SMILES string of the molecule is CCCc1nnc(SCC(=O)O)s1. The van der Waals surface area contributed by atoms with Crippen LogP contribution in [-0.4, -0.2) is 27.0 Å². The number of hydrogen-bond donors (Lipinski definition) is 1. The number of hydrogen-bond acceptors (Lipinski definition) is 5. The highest BCUT2D eigenvalue weighted by molar-refractivity contribution is 8.01. The van der Waals surface area contributed by atoms with Gasteiger partial charge in [-0.25, -0.2) is 0 Å². The lowest BCUT2D eigenvalue weighted by Crippen LogP contribution is -1.96. The Morgan fingerprint density at radius 2 is 2.38 bits per heavy atom. The highest BCUT2D eigenvalue weighted by Gasteiger charge is 2.05. The molecule has 0 aliphatic heterocycles. The Morgan fingerprint density at radius 1 is 1.62 bits per heavy atom. The maximum atomic E-state index is 10.2. The van der Waals surface area contributed by atoms with Crippen LogP contribution >= 0.6 is 23.1 Å².